The van der Waals surface area contributed by atoms with Crippen LogP contribution in [0.4, 0.5) is 5.69 Å². The van der Waals surface area contributed by atoms with Crippen LogP contribution in [0.15, 0.2) is 72.8 Å². The maximum absolute atomic E-state index is 12.6. The fourth-order valence-corrected chi connectivity index (χ4v) is 3.08. The van der Waals surface area contributed by atoms with Crippen LogP contribution in [0.1, 0.15) is 46.0 Å². The molecule has 3 heteroatoms. The Labute approximate surface area is 173 Å². The van der Waals surface area contributed by atoms with Gasteiger partial charge in [-0.05, 0) is 68.1 Å². The quantitative estimate of drug-likeness (QED) is 0.495. The molecule has 0 saturated carbocycles. The third kappa shape index (κ3) is 5.99. The van der Waals surface area contributed by atoms with E-state index in [1.165, 1.54) is 5.56 Å². The van der Waals surface area contributed by atoms with Crippen LogP contribution in [-0.2, 0) is 6.42 Å². The summed E-state index contributed by atoms with van der Waals surface area (Å²) in [5.74, 6) is 6.12. The molecule has 0 bridgehead atoms. The van der Waals surface area contributed by atoms with Crippen LogP contribution in [0.3, 0.4) is 0 Å². The molecular weight excluding hydrogens is 356 g/mol. The highest BCUT2D eigenvalue weighted by Crippen LogP contribution is 2.14. The van der Waals surface area contributed by atoms with Gasteiger partial charge in [-0.3, -0.25) is 4.79 Å². The molecule has 1 amide bonds. The number of carbonyl (C=O) groups excluding carboxylic acids is 1. The molecule has 3 aromatic carbocycles. The van der Waals surface area contributed by atoms with Crippen molar-refractivity contribution in [1.82, 2.24) is 5.32 Å². The number of nitrogens with two attached hydrogens (primary N) is 1. The van der Waals surface area contributed by atoms with E-state index in [0.29, 0.717) is 16.8 Å². The van der Waals surface area contributed by atoms with Gasteiger partial charge in [0.25, 0.3) is 5.91 Å². The van der Waals surface area contributed by atoms with E-state index in [0.717, 1.165) is 24.0 Å². The Hall–Kier alpha value is -3.51. The van der Waals surface area contributed by atoms with Crippen LogP contribution in [0.5, 0.6) is 0 Å². The summed E-state index contributed by atoms with van der Waals surface area (Å²) in [5.41, 5.74) is 11.2. The van der Waals surface area contributed by atoms with Gasteiger partial charge in [0.15, 0.2) is 0 Å². The summed E-state index contributed by atoms with van der Waals surface area (Å²) in [7, 11) is 0. The molecule has 0 saturated heterocycles. The predicted octanol–water partition coefficient (Wildman–Crippen LogP) is 4.73. The van der Waals surface area contributed by atoms with E-state index >= 15 is 0 Å². The number of carbonyl (C=O) groups is 1. The summed E-state index contributed by atoms with van der Waals surface area (Å²) in [4.78, 5) is 12.6. The number of benzene rings is 3. The lowest BCUT2D eigenvalue weighted by atomic mass is 10.0. The fraction of sp³-hybridized carbons (Fsp3) is 0.192. The molecule has 1 atom stereocenters. The minimum absolute atomic E-state index is 0.0714. The minimum Gasteiger partial charge on any atom is -0.398 e. The topological polar surface area (TPSA) is 55.1 Å². The standard InChI is InChI=1S/C26H26N2O/c1-19-7-6-10-22(17-19)13-14-23-18-24(15-16-25(23)27)26(29)28-20(2)11-12-21-8-4-3-5-9-21/h3-10,15-18,20H,11-12,27H2,1-2H3,(H,28,29). The van der Waals surface area contributed by atoms with Crippen LogP contribution in [-0.4, -0.2) is 11.9 Å². The van der Waals surface area contributed by atoms with E-state index < -0.39 is 0 Å². The van der Waals surface area contributed by atoms with Crippen LogP contribution in [0, 0.1) is 18.8 Å². The van der Waals surface area contributed by atoms with Crippen molar-refractivity contribution in [3.63, 3.8) is 0 Å². The number of rotatable bonds is 5. The molecule has 0 heterocycles. The monoisotopic (exact) mass is 382 g/mol. The number of hydrogen-bond acceptors (Lipinski definition) is 2. The highest BCUT2D eigenvalue weighted by atomic mass is 16.1. The first kappa shape index (κ1) is 20.2. The van der Waals surface area contributed by atoms with Crippen LogP contribution >= 0.6 is 0 Å². The van der Waals surface area contributed by atoms with Gasteiger partial charge in [0.05, 0.1) is 0 Å². The molecule has 3 nitrogen and oxygen atoms in total. The van der Waals surface area contributed by atoms with E-state index in [1.807, 2.05) is 56.3 Å². The molecule has 1 unspecified atom stereocenters. The second kappa shape index (κ2) is 9.61. The Morgan fingerprint density at radius 1 is 1.00 bits per heavy atom. The van der Waals surface area contributed by atoms with Gasteiger partial charge >= 0.3 is 0 Å². The number of nitrogens with one attached hydrogen (secondary N) is 1. The molecule has 3 N–H and O–H groups in total. The Morgan fingerprint density at radius 3 is 2.55 bits per heavy atom. The van der Waals surface area contributed by atoms with Crippen LogP contribution < -0.4 is 11.1 Å². The number of anilines is 1. The van der Waals surface area contributed by atoms with Crippen molar-refractivity contribution in [2.75, 3.05) is 5.73 Å². The normalized spacial score (nSPS) is 11.2. The molecule has 0 aliphatic carbocycles. The third-order valence-electron chi connectivity index (χ3n) is 4.76. The maximum Gasteiger partial charge on any atom is 0.251 e. The summed E-state index contributed by atoms with van der Waals surface area (Å²) in [6.45, 7) is 4.06. The zero-order chi connectivity index (χ0) is 20.6. The zero-order valence-corrected chi connectivity index (χ0v) is 16.9. The van der Waals surface area contributed by atoms with Crippen LogP contribution in [0.25, 0.3) is 0 Å². The summed E-state index contributed by atoms with van der Waals surface area (Å²) in [6.07, 6.45) is 1.81. The smallest absolute Gasteiger partial charge is 0.251 e. The minimum atomic E-state index is -0.107. The lowest BCUT2D eigenvalue weighted by Gasteiger charge is -2.14. The molecule has 0 aliphatic rings. The molecule has 3 rings (SSSR count). The second-order valence-corrected chi connectivity index (χ2v) is 7.32. The predicted molar refractivity (Wildman–Crippen MR) is 120 cm³/mol. The zero-order valence-electron chi connectivity index (χ0n) is 16.9. The van der Waals surface area contributed by atoms with Gasteiger partial charge < -0.3 is 11.1 Å². The van der Waals surface area contributed by atoms with Gasteiger partial charge in [-0.1, -0.05) is 54.3 Å². The van der Waals surface area contributed by atoms with Gasteiger partial charge in [0.2, 0.25) is 0 Å². The second-order valence-electron chi connectivity index (χ2n) is 7.32. The first-order valence-corrected chi connectivity index (χ1v) is 9.84. The number of hydrogen-bond donors (Lipinski definition) is 2. The molecule has 0 aromatic heterocycles. The fourth-order valence-electron chi connectivity index (χ4n) is 3.08. The Morgan fingerprint density at radius 2 is 1.79 bits per heavy atom. The maximum atomic E-state index is 12.6. The molecule has 3 aromatic rings. The molecule has 146 valence electrons. The molecule has 0 radical (unpaired) electrons. The van der Waals surface area contributed by atoms with Gasteiger partial charge in [0.1, 0.15) is 0 Å². The molecule has 0 fully saturated rings. The Kier molecular flexibility index (Phi) is 6.71. The van der Waals surface area contributed by atoms with Crippen molar-refractivity contribution in [3.8, 4) is 11.8 Å². The first-order valence-electron chi connectivity index (χ1n) is 9.84. The lowest BCUT2D eigenvalue weighted by Crippen LogP contribution is -2.32. The Balaban J connectivity index is 1.66. The van der Waals surface area contributed by atoms with Crippen molar-refractivity contribution in [3.05, 3.63) is 101 Å². The van der Waals surface area contributed by atoms with Gasteiger partial charge in [-0.25, -0.2) is 0 Å². The van der Waals surface area contributed by atoms with E-state index in [4.69, 9.17) is 5.73 Å². The summed E-state index contributed by atoms with van der Waals surface area (Å²) in [5, 5.41) is 3.07. The van der Waals surface area contributed by atoms with E-state index in [-0.39, 0.29) is 11.9 Å². The average Bonchev–Trinajstić information content (AvgIpc) is 2.72. The van der Waals surface area contributed by atoms with E-state index in [2.05, 4.69) is 29.3 Å². The third-order valence-corrected chi connectivity index (χ3v) is 4.76. The Bertz CT molecular complexity index is 1050. The molecule has 0 aliphatic heterocycles. The molecular formula is C26H26N2O. The van der Waals surface area contributed by atoms with Crippen molar-refractivity contribution in [1.29, 1.82) is 0 Å². The van der Waals surface area contributed by atoms with Crippen molar-refractivity contribution >= 4 is 11.6 Å². The molecule has 0 spiro atoms. The summed E-state index contributed by atoms with van der Waals surface area (Å²) in [6, 6.07) is 23.6. The van der Waals surface area contributed by atoms with Crippen molar-refractivity contribution in [2.24, 2.45) is 0 Å². The SMILES string of the molecule is Cc1cccc(C#Cc2cc(C(=O)NC(C)CCc3ccccc3)ccc2N)c1. The van der Waals surface area contributed by atoms with Gasteiger partial charge in [-0.2, -0.15) is 0 Å². The molecule has 29 heavy (non-hydrogen) atoms. The largest absolute Gasteiger partial charge is 0.398 e. The highest BCUT2D eigenvalue weighted by molar-refractivity contribution is 5.95. The number of amides is 1. The highest BCUT2D eigenvalue weighted by Gasteiger charge is 2.11. The summed E-state index contributed by atoms with van der Waals surface area (Å²) < 4.78 is 0. The van der Waals surface area contributed by atoms with Crippen molar-refractivity contribution < 1.29 is 4.79 Å². The number of nitrogen functional groups attached to an aromatic ring is 1. The van der Waals surface area contributed by atoms with Gasteiger partial charge in [-0.15, -0.1) is 0 Å². The van der Waals surface area contributed by atoms with Gasteiger partial charge in [0, 0.05) is 28.4 Å². The van der Waals surface area contributed by atoms with Crippen molar-refractivity contribution in [2.45, 2.75) is 32.7 Å². The van der Waals surface area contributed by atoms with E-state index in [1.54, 1.807) is 18.2 Å². The average molecular weight is 383 g/mol. The summed E-state index contributed by atoms with van der Waals surface area (Å²) >= 11 is 0. The van der Waals surface area contributed by atoms with Crippen LogP contribution in [0.2, 0.25) is 0 Å². The first-order chi connectivity index (χ1) is 14.0. The lowest BCUT2D eigenvalue weighted by molar-refractivity contribution is 0.0938. The number of aryl methyl sites for hydroxylation is 2. The van der Waals surface area contributed by atoms with E-state index in [9.17, 15) is 4.79 Å².